The molecule has 2 aromatic rings. The van der Waals surface area contributed by atoms with Gasteiger partial charge in [-0.2, -0.15) is 13.2 Å². The van der Waals surface area contributed by atoms with E-state index < -0.39 is 18.2 Å². The van der Waals surface area contributed by atoms with Crippen LogP contribution in [0.2, 0.25) is 10.0 Å². The maximum Gasteiger partial charge on any atom is 0.435 e. The second kappa shape index (κ2) is 7.03. The molecule has 0 fully saturated rings. The number of benzene rings is 2. The lowest BCUT2D eigenvalue weighted by Crippen LogP contribution is -2.42. The first-order chi connectivity index (χ1) is 12.2. The third kappa shape index (κ3) is 3.45. The third-order valence-electron chi connectivity index (χ3n) is 4.12. The Morgan fingerprint density at radius 2 is 1.81 bits per heavy atom. The smallest absolute Gasteiger partial charge is 0.374 e. The number of oxime groups is 1. The molecule has 9 heteroatoms. The summed E-state index contributed by atoms with van der Waals surface area (Å²) in [7, 11) is 0. The first kappa shape index (κ1) is 19.5. The third-order valence-corrected chi connectivity index (χ3v) is 5.30. The summed E-state index contributed by atoms with van der Waals surface area (Å²) >= 11 is 15.1. The van der Waals surface area contributed by atoms with Gasteiger partial charge in [0.05, 0.1) is 5.71 Å². The quantitative estimate of drug-likeness (QED) is 0.620. The first-order valence-electron chi connectivity index (χ1n) is 7.43. The number of rotatable bonds is 3. The molecule has 3 rings (SSSR count). The molecule has 138 valence electrons. The van der Waals surface area contributed by atoms with E-state index in [2.05, 4.69) is 21.1 Å². The van der Waals surface area contributed by atoms with Crippen molar-refractivity contribution in [1.29, 1.82) is 0 Å². The molecule has 0 radical (unpaired) electrons. The molecule has 3 nitrogen and oxygen atoms in total. The number of halogens is 6. The SMILES string of the molecule is NCc1ccc(C2=NOC(c3cc(Cl)cc(Cl)c3)(C(F)(F)F)C2)cc1Br. The van der Waals surface area contributed by atoms with Gasteiger partial charge in [0.1, 0.15) is 0 Å². The highest BCUT2D eigenvalue weighted by atomic mass is 79.9. The fourth-order valence-corrected chi connectivity index (χ4v) is 3.80. The van der Waals surface area contributed by atoms with Crippen molar-refractivity contribution >= 4 is 44.8 Å². The highest BCUT2D eigenvalue weighted by Crippen LogP contribution is 2.49. The number of alkyl halides is 3. The summed E-state index contributed by atoms with van der Waals surface area (Å²) in [6, 6.07) is 8.79. The molecule has 2 aromatic carbocycles. The average molecular weight is 468 g/mol. The molecule has 1 unspecified atom stereocenters. The van der Waals surface area contributed by atoms with Gasteiger partial charge in [0.25, 0.3) is 5.60 Å². The Kier molecular flexibility index (Phi) is 5.27. The number of nitrogens with two attached hydrogens (primary N) is 1. The van der Waals surface area contributed by atoms with Gasteiger partial charge in [0.15, 0.2) is 0 Å². The van der Waals surface area contributed by atoms with Crippen molar-refractivity contribution in [2.24, 2.45) is 10.9 Å². The normalized spacial score (nSPS) is 20.0. The molecular weight excluding hydrogens is 456 g/mol. The van der Waals surface area contributed by atoms with Gasteiger partial charge in [0.2, 0.25) is 0 Å². The van der Waals surface area contributed by atoms with Gasteiger partial charge in [-0.15, -0.1) is 0 Å². The monoisotopic (exact) mass is 466 g/mol. The highest BCUT2D eigenvalue weighted by Gasteiger charge is 2.62. The largest absolute Gasteiger partial charge is 0.435 e. The summed E-state index contributed by atoms with van der Waals surface area (Å²) in [6.45, 7) is 0.303. The Bertz CT molecular complexity index is 869. The minimum atomic E-state index is -4.72. The molecule has 0 saturated heterocycles. The Balaban J connectivity index is 2.02. The van der Waals surface area contributed by atoms with E-state index in [1.807, 2.05) is 0 Å². The minimum absolute atomic E-state index is 0.0863. The molecule has 1 heterocycles. The zero-order valence-electron chi connectivity index (χ0n) is 13.1. The van der Waals surface area contributed by atoms with Gasteiger partial charge in [-0.3, -0.25) is 0 Å². The molecule has 0 saturated carbocycles. The summed E-state index contributed by atoms with van der Waals surface area (Å²) in [6.07, 6.45) is -5.22. The van der Waals surface area contributed by atoms with E-state index in [1.54, 1.807) is 18.2 Å². The maximum absolute atomic E-state index is 13.9. The summed E-state index contributed by atoms with van der Waals surface area (Å²) in [4.78, 5) is 4.97. The van der Waals surface area contributed by atoms with Crippen molar-refractivity contribution in [1.82, 2.24) is 0 Å². The van der Waals surface area contributed by atoms with Crippen LogP contribution in [0, 0.1) is 0 Å². The molecule has 1 atom stereocenters. The molecule has 2 N–H and O–H groups in total. The summed E-state index contributed by atoms with van der Waals surface area (Å²) < 4.78 is 42.5. The topological polar surface area (TPSA) is 47.6 Å². The Hall–Kier alpha value is -1.28. The van der Waals surface area contributed by atoms with E-state index in [-0.39, 0.29) is 21.3 Å². The number of hydrogen-bond acceptors (Lipinski definition) is 3. The van der Waals surface area contributed by atoms with E-state index in [0.29, 0.717) is 16.6 Å². The van der Waals surface area contributed by atoms with Crippen molar-refractivity contribution in [3.05, 3.63) is 67.6 Å². The predicted octanol–water partition coefficient (Wildman–Crippen LogP) is 5.80. The van der Waals surface area contributed by atoms with Gasteiger partial charge >= 0.3 is 6.18 Å². The lowest BCUT2D eigenvalue weighted by atomic mass is 9.86. The molecule has 0 aromatic heterocycles. The first-order valence-corrected chi connectivity index (χ1v) is 8.98. The van der Waals surface area contributed by atoms with Crippen LogP contribution >= 0.6 is 39.1 Å². The fourth-order valence-electron chi connectivity index (χ4n) is 2.74. The van der Waals surface area contributed by atoms with Crippen molar-refractivity contribution in [3.63, 3.8) is 0 Å². The van der Waals surface area contributed by atoms with Gasteiger partial charge in [-0.1, -0.05) is 56.4 Å². The molecule has 0 bridgehead atoms. The van der Waals surface area contributed by atoms with Gasteiger partial charge in [0, 0.05) is 38.6 Å². The van der Waals surface area contributed by atoms with Crippen LogP contribution in [0.15, 0.2) is 46.0 Å². The zero-order chi connectivity index (χ0) is 19.1. The Labute approximate surface area is 166 Å². The van der Waals surface area contributed by atoms with Gasteiger partial charge in [-0.05, 0) is 29.8 Å². The van der Waals surface area contributed by atoms with Crippen LogP contribution < -0.4 is 5.73 Å². The Morgan fingerprint density at radius 3 is 2.35 bits per heavy atom. The molecule has 0 amide bonds. The van der Waals surface area contributed by atoms with Crippen LogP contribution in [-0.4, -0.2) is 11.9 Å². The molecular formula is C17H12BrCl2F3N2O. The molecule has 26 heavy (non-hydrogen) atoms. The summed E-state index contributed by atoms with van der Waals surface area (Å²) in [5.74, 6) is 0. The van der Waals surface area contributed by atoms with Crippen LogP contribution in [0.25, 0.3) is 0 Å². The van der Waals surface area contributed by atoms with Crippen molar-refractivity contribution in [2.45, 2.75) is 24.7 Å². The fraction of sp³-hybridized carbons (Fsp3) is 0.235. The van der Waals surface area contributed by atoms with E-state index in [0.717, 1.165) is 5.56 Å². The molecule has 1 aliphatic rings. The van der Waals surface area contributed by atoms with Gasteiger partial charge in [-0.25, -0.2) is 0 Å². The zero-order valence-corrected chi connectivity index (χ0v) is 16.2. The van der Waals surface area contributed by atoms with Crippen molar-refractivity contribution in [2.75, 3.05) is 0 Å². The predicted molar refractivity (Wildman–Crippen MR) is 98.5 cm³/mol. The van der Waals surface area contributed by atoms with E-state index in [9.17, 15) is 13.2 Å². The van der Waals surface area contributed by atoms with Crippen molar-refractivity contribution in [3.8, 4) is 0 Å². The lowest BCUT2D eigenvalue weighted by molar-refractivity contribution is -0.275. The second-order valence-electron chi connectivity index (χ2n) is 5.80. The van der Waals surface area contributed by atoms with Gasteiger partial charge < -0.3 is 10.6 Å². The van der Waals surface area contributed by atoms with E-state index in [1.165, 1.54) is 18.2 Å². The van der Waals surface area contributed by atoms with E-state index in [4.69, 9.17) is 33.8 Å². The van der Waals surface area contributed by atoms with Crippen LogP contribution in [0.1, 0.15) is 23.1 Å². The average Bonchev–Trinajstić information content (AvgIpc) is 3.00. The number of nitrogens with zero attached hydrogens (tertiary/aromatic N) is 1. The van der Waals surface area contributed by atoms with Crippen LogP contribution in [0.5, 0.6) is 0 Å². The minimum Gasteiger partial charge on any atom is -0.374 e. The molecule has 0 spiro atoms. The molecule has 0 aliphatic carbocycles. The van der Waals surface area contributed by atoms with Crippen LogP contribution in [0.3, 0.4) is 0 Å². The highest BCUT2D eigenvalue weighted by molar-refractivity contribution is 9.10. The van der Waals surface area contributed by atoms with Crippen molar-refractivity contribution < 1.29 is 18.0 Å². The van der Waals surface area contributed by atoms with Crippen LogP contribution in [-0.2, 0) is 17.0 Å². The lowest BCUT2D eigenvalue weighted by Gasteiger charge is -2.29. The Morgan fingerprint density at radius 1 is 1.15 bits per heavy atom. The molecule has 1 aliphatic heterocycles. The second-order valence-corrected chi connectivity index (χ2v) is 7.53. The number of hydrogen-bond donors (Lipinski definition) is 1. The maximum atomic E-state index is 13.9. The van der Waals surface area contributed by atoms with Crippen LogP contribution in [0.4, 0.5) is 13.2 Å². The summed E-state index contributed by atoms with van der Waals surface area (Å²) in [5, 5.41) is 3.89. The standard InChI is InChI=1S/C17H12BrCl2F3N2O/c18-14-3-9(1-2-10(14)8-24)15-7-16(26-25-15,17(21,22)23)11-4-12(19)6-13(20)5-11/h1-6H,7-8,24H2. The summed E-state index contributed by atoms with van der Waals surface area (Å²) in [5.41, 5.74) is 4.27. The van der Waals surface area contributed by atoms with E-state index >= 15 is 0 Å².